The van der Waals surface area contributed by atoms with E-state index in [-0.39, 0.29) is 31.3 Å². The Kier molecular flexibility index (Phi) is 11.2. The van der Waals surface area contributed by atoms with Crippen molar-refractivity contribution in [3.05, 3.63) is 112 Å². The minimum atomic E-state index is -0.297. The Morgan fingerprint density at radius 1 is 0.814 bits per heavy atom. The first-order chi connectivity index (χ1) is 20.8. The highest BCUT2D eigenvalue weighted by Gasteiger charge is 2.16. The molecule has 2 aromatic carbocycles. The van der Waals surface area contributed by atoms with Crippen molar-refractivity contribution in [3.63, 3.8) is 0 Å². The van der Waals surface area contributed by atoms with Crippen LogP contribution in [0.2, 0.25) is 0 Å². The van der Waals surface area contributed by atoms with Gasteiger partial charge in [-0.05, 0) is 78.0 Å². The number of pyridine rings is 2. The maximum Gasteiger partial charge on any atom is 0.274 e. The Bertz CT molecular complexity index is 1540. The van der Waals surface area contributed by atoms with Gasteiger partial charge >= 0.3 is 0 Å². The zero-order valence-electron chi connectivity index (χ0n) is 24.9. The standard InChI is InChI=1S/C34H39N5O4/c1-23-27(18-33(42)31-12-10-25(20-36-31)19-35-14-16-40)6-4-7-28(23)29-8-5-9-30(24(29)2)38-34(43)32-13-11-26(21-37-32)22-39(3)15-17-41/h4-13,20-21,35,40-41H,14-19,22H2,1-3H3,(H,38,43). The van der Waals surface area contributed by atoms with Crippen LogP contribution in [-0.4, -0.2) is 70.1 Å². The monoisotopic (exact) mass is 581 g/mol. The van der Waals surface area contributed by atoms with E-state index in [0.717, 1.165) is 38.9 Å². The van der Waals surface area contributed by atoms with Crippen LogP contribution in [0, 0.1) is 13.8 Å². The average Bonchev–Trinajstić information content (AvgIpc) is 3.00. The molecule has 0 unspecified atom stereocenters. The van der Waals surface area contributed by atoms with Crippen LogP contribution >= 0.6 is 0 Å². The lowest BCUT2D eigenvalue weighted by Crippen LogP contribution is -2.21. The summed E-state index contributed by atoms with van der Waals surface area (Å²) in [6.45, 7) is 6.41. The predicted octanol–water partition coefficient (Wildman–Crippen LogP) is 3.94. The van der Waals surface area contributed by atoms with Gasteiger partial charge in [0.1, 0.15) is 11.4 Å². The van der Waals surface area contributed by atoms with Crippen LogP contribution < -0.4 is 10.6 Å². The Labute approximate surface area is 252 Å². The molecule has 0 fully saturated rings. The number of nitrogens with one attached hydrogen (secondary N) is 2. The maximum absolute atomic E-state index is 13.1. The molecular weight excluding hydrogens is 542 g/mol. The number of nitrogens with zero attached hydrogens (tertiary/aromatic N) is 3. The minimum Gasteiger partial charge on any atom is -0.395 e. The Balaban J connectivity index is 1.47. The molecule has 0 spiro atoms. The summed E-state index contributed by atoms with van der Waals surface area (Å²) in [5, 5.41) is 24.1. The second-order valence-corrected chi connectivity index (χ2v) is 10.6. The summed E-state index contributed by atoms with van der Waals surface area (Å²) in [5.74, 6) is -0.360. The van der Waals surface area contributed by atoms with Gasteiger partial charge in [0, 0.05) is 50.7 Å². The van der Waals surface area contributed by atoms with Crippen molar-refractivity contribution < 1.29 is 19.8 Å². The van der Waals surface area contributed by atoms with E-state index in [9.17, 15) is 9.59 Å². The van der Waals surface area contributed by atoms with Gasteiger partial charge in [0.15, 0.2) is 5.78 Å². The molecule has 4 N–H and O–H groups in total. The zero-order valence-corrected chi connectivity index (χ0v) is 24.9. The Morgan fingerprint density at radius 2 is 1.49 bits per heavy atom. The van der Waals surface area contributed by atoms with Crippen molar-refractivity contribution in [2.45, 2.75) is 33.4 Å². The molecule has 4 aromatic rings. The van der Waals surface area contributed by atoms with Crippen LogP contribution in [0.15, 0.2) is 73.1 Å². The first-order valence-electron chi connectivity index (χ1n) is 14.3. The Morgan fingerprint density at radius 3 is 2.16 bits per heavy atom. The van der Waals surface area contributed by atoms with E-state index in [4.69, 9.17) is 10.2 Å². The first-order valence-corrected chi connectivity index (χ1v) is 14.3. The van der Waals surface area contributed by atoms with Crippen LogP contribution in [-0.2, 0) is 19.5 Å². The number of ketones is 1. The number of anilines is 1. The van der Waals surface area contributed by atoms with Gasteiger partial charge in [0.2, 0.25) is 0 Å². The van der Waals surface area contributed by atoms with E-state index in [1.54, 1.807) is 24.5 Å². The number of likely N-dealkylation sites (N-methyl/N-ethyl adjacent to an activating group) is 1. The molecule has 0 saturated carbocycles. The molecule has 224 valence electrons. The van der Waals surface area contributed by atoms with E-state index < -0.39 is 0 Å². The highest BCUT2D eigenvalue weighted by Crippen LogP contribution is 2.32. The molecule has 43 heavy (non-hydrogen) atoms. The van der Waals surface area contributed by atoms with Crippen molar-refractivity contribution in [2.24, 2.45) is 0 Å². The molecule has 0 aliphatic heterocycles. The first kappa shape index (κ1) is 31.7. The van der Waals surface area contributed by atoms with Gasteiger partial charge in [0.05, 0.1) is 13.2 Å². The number of aromatic nitrogens is 2. The van der Waals surface area contributed by atoms with Gasteiger partial charge < -0.3 is 20.8 Å². The van der Waals surface area contributed by atoms with Crippen molar-refractivity contribution in [1.82, 2.24) is 20.2 Å². The van der Waals surface area contributed by atoms with Crippen LogP contribution in [0.5, 0.6) is 0 Å². The van der Waals surface area contributed by atoms with Gasteiger partial charge in [-0.2, -0.15) is 0 Å². The summed E-state index contributed by atoms with van der Waals surface area (Å²) >= 11 is 0. The third kappa shape index (κ3) is 8.39. The SMILES string of the molecule is Cc1c(CC(=O)c2ccc(CNCCO)cn2)cccc1-c1cccc(NC(=O)c2ccc(CN(C)CCO)cn2)c1C. The van der Waals surface area contributed by atoms with Crippen LogP contribution in [0.25, 0.3) is 11.1 Å². The number of carbonyl (C=O) groups is 2. The predicted molar refractivity (Wildman–Crippen MR) is 168 cm³/mol. The summed E-state index contributed by atoms with van der Waals surface area (Å²) in [6.07, 6.45) is 3.59. The Hall–Kier alpha value is -4.28. The summed E-state index contributed by atoms with van der Waals surface area (Å²) in [7, 11) is 1.92. The number of hydrogen-bond donors (Lipinski definition) is 4. The fourth-order valence-corrected chi connectivity index (χ4v) is 4.90. The summed E-state index contributed by atoms with van der Waals surface area (Å²) in [4.78, 5) is 36.8. The van der Waals surface area contributed by atoms with E-state index in [0.29, 0.717) is 43.3 Å². The van der Waals surface area contributed by atoms with Crippen molar-refractivity contribution >= 4 is 17.4 Å². The lowest BCUT2D eigenvalue weighted by molar-refractivity contribution is 0.0986. The summed E-state index contributed by atoms with van der Waals surface area (Å²) < 4.78 is 0. The molecule has 0 aliphatic carbocycles. The average molecular weight is 582 g/mol. The van der Waals surface area contributed by atoms with Gasteiger partial charge in [-0.1, -0.05) is 42.5 Å². The third-order valence-electron chi connectivity index (χ3n) is 7.39. The van der Waals surface area contributed by atoms with Crippen molar-refractivity contribution in [1.29, 1.82) is 0 Å². The molecule has 4 rings (SSSR count). The third-order valence-corrected chi connectivity index (χ3v) is 7.39. The second-order valence-electron chi connectivity index (χ2n) is 10.6. The normalized spacial score (nSPS) is 11.1. The molecule has 1 amide bonds. The number of carbonyl (C=O) groups excluding carboxylic acids is 2. The molecule has 2 heterocycles. The van der Waals surface area contributed by atoms with Crippen molar-refractivity contribution in [2.75, 3.05) is 38.7 Å². The van der Waals surface area contributed by atoms with E-state index in [1.807, 2.05) is 74.3 Å². The molecule has 0 saturated heterocycles. The van der Waals surface area contributed by atoms with E-state index in [2.05, 4.69) is 20.6 Å². The van der Waals surface area contributed by atoms with Crippen LogP contribution in [0.1, 0.15) is 48.8 Å². The number of aliphatic hydroxyl groups is 2. The van der Waals surface area contributed by atoms with Gasteiger partial charge in [-0.15, -0.1) is 0 Å². The van der Waals surface area contributed by atoms with Crippen molar-refractivity contribution in [3.8, 4) is 11.1 Å². The smallest absolute Gasteiger partial charge is 0.274 e. The van der Waals surface area contributed by atoms with Crippen LogP contribution in [0.4, 0.5) is 5.69 Å². The highest BCUT2D eigenvalue weighted by molar-refractivity contribution is 6.04. The fourth-order valence-electron chi connectivity index (χ4n) is 4.90. The van der Waals surface area contributed by atoms with Gasteiger partial charge in [-0.25, -0.2) is 0 Å². The van der Waals surface area contributed by atoms with Gasteiger partial charge in [-0.3, -0.25) is 24.5 Å². The lowest BCUT2D eigenvalue weighted by atomic mass is 9.91. The number of Topliss-reactive ketones (excluding diaryl/α,β-unsaturated/α-hetero) is 1. The quantitative estimate of drug-likeness (QED) is 0.130. The number of hydrogen-bond acceptors (Lipinski definition) is 8. The largest absolute Gasteiger partial charge is 0.395 e. The molecule has 9 nitrogen and oxygen atoms in total. The van der Waals surface area contributed by atoms with E-state index >= 15 is 0 Å². The molecule has 9 heteroatoms. The van der Waals surface area contributed by atoms with Gasteiger partial charge in [0.25, 0.3) is 5.91 Å². The van der Waals surface area contributed by atoms with E-state index in [1.165, 1.54) is 0 Å². The lowest BCUT2D eigenvalue weighted by Gasteiger charge is -2.17. The second kappa shape index (κ2) is 15.3. The fraction of sp³-hybridized carbons (Fsp3) is 0.294. The molecule has 0 radical (unpaired) electrons. The zero-order chi connectivity index (χ0) is 30.8. The molecule has 0 bridgehead atoms. The topological polar surface area (TPSA) is 128 Å². The number of aliphatic hydroxyl groups excluding tert-OH is 2. The highest BCUT2D eigenvalue weighted by atomic mass is 16.3. The number of rotatable bonds is 14. The summed E-state index contributed by atoms with van der Waals surface area (Å²) in [5.41, 5.74) is 8.11. The maximum atomic E-state index is 13.1. The number of amides is 1. The molecule has 2 aromatic heterocycles. The number of benzene rings is 2. The molecular formula is C34H39N5O4. The van der Waals surface area contributed by atoms with Crippen LogP contribution in [0.3, 0.4) is 0 Å². The molecule has 0 aliphatic rings. The minimum absolute atomic E-state index is 0.0635. The summed E-state index contributed by atoms with van der Waals surface area (Å²) in [6, 6.07) is 18.9. The molecule has 0 atom stereocenters.